The minimum absolute atomic E-state index is 0.0713. The summed E-state index contributed by atoms with van der Waals surface area (Å²) in [4.78, 5) is 8.45. The second kappa shape index (κ2) is 8.40. The van der Waals surface area contributed by atoms with Crippen molar-refractivity contribution in [2.24, 2.45) is 0 Å². The van der Waals surface area contributed by atoms with E-state index < -0.39 is 44.8 Å². The SMILES string of the molecule is CC([C@H](C)OC(F)(F)F)S(=O)(=O)N1CCN(c2nc(Cl)cc(C(F)(F)F)n2)CC1. The zero-order chi connectivity index (χ0) is 22.2. The normalized spacial score (nSPS) is 19.3. The number of rotatable bonds is 5. The monoisotopic (exact) mass is 470 g/mol. The van der Waals surface area contributed by atoms with Crippen LogP contribution in [0.25, 0.3) is 0 Å². The van der Waals surface area contributed by atoms with Gasteiger partial charge in [0, 0.05) is 32.2 Å². The summed E-state index contributed by atoms with van der Waals surface area (Å²) in [6, 6.07) is 0.565. The summed E-state index contributed by atoms with van der Waals surface area (Å²) in [7, 11) is -4.14. The van der Waals surface area contributed by atoms with Crippen LogP contribution in [-0.2, 0) is 20.9 Å². The van der Waals surface area contributed by atoms with Crippen LogP contribution in [0.2, 0.25) is 5.15 Å². The van der Waals surface area contributed by atoms with Gasteiger partial charge in [-0.1, -0.05) is 11.6 Å². The third kappa shape index (κ3) is 6.06. The smallest absolute Gasteiger partial charge is 0.338 e. The Labute approximate surface area is 167 Å². The molecular weight excluding hydrogens is 454 g/mol. The summed E-state index contributed by atoms with van der Waals surface area (Å²) >= 11 is 5.62. The van der Waals surface area contributed by atoms with E-state index in [9.17, 15) is 34.8 Å². The Morgan fingerprint density at radius 2 is 1.62 bits per heavy atom. The van der Waals surface area contributed by atoms with Gasteiger partial charge in [0.05, 0.1) is 11.4 Å². The molecule has 0 amide bonds. The first-order valence-electron chi connectivity index (χ1n) is 8.21. The summed E-state index contributed by atoms with van der Waals surface area (Å²) in [6.45, 7) is 1.58. The second-order valence-corrected chi connectivity index (χ2v) is 8.96. The molecule has 0 spiro atoms. The van der Waals surface area contributed by atoms with Crippen molar-refractivity contribution in [2.75, 3.05) is 31.1 Å². The Bertz CT molecular complexity index is 828. The molecule has 0 aromatic carbocycles. The molecule has 1 saturated heterocycles. The predicted octanol–water partition coefficient (Wildman–Crippen LogP) is 2.91. The number of aromatic nitrogens is 2. The van der Waals surface area contributed by atoms with E-state index in [0.717, 1.165) is 18.2 Å². The molecule has 1 aliphatic rings. The van der Waals surface area contributed by atoms with Crippen LogP contribution in [0.15, 0.2) is 6.07 Å². The lowest BCUT2D eigenvalue weighted by Gasteiger charge is -2.36. The maximum atomic E-state index is 12.9. The van der Waals surface area contributed by atoms with E-state index >= 15 is 0 Å². The summed E-state index contributed by atoms with van der Waals surface area (Å²) in [6.07, 6.45) is -11.4. The molecule has 0 radical (unpaired) electrons. The highest BCUT2D eigenvalue weighted by molar-refractivity contribution is 7.89. The minimum atomic E-state index is -4.98. The maximum absolute atomic E-state index is 12.9. The summed E-state index contributed by atoms with van der Waals surface area (Å²) in [5.41, 5.74) is -1.24. The van der Waals surface area contributed by atoms with Crippen LogP contribution in [0.1, 0.15) is 19.5 Å². The fourth-order valence-electron chi connectivity index (χ4n) is 2.62. The number of anilines is 1. The number of ether oxygens (including phenoxy) is 1. The van der Waals surface area contributed by atoms with E-state index in [1.54, 1.807) is 0 Å². The molecule has 29 heavy (non-hydrogen) atoms. The number of piperazine rings is 1. The van der Waals surface area contributed by atoms with Gasteiger partial charge in [0.25, 0.3) is 0 Å². The van der Waals surface area contributed by atoms with Gasteiger partial charge in [-0.25, -0.2) is 18.4 Å². The van der Waals surface area contributed by atoms with Gasteiger partial charge in [0.15, 0.2) is 5.69 Å². The number of alkyl halides is 6. The van der Waals surface area contributed by atoms with Gasteiger partial charge >= 0.3 is 12.5 Å². The fraction of sp³-hybridized carbons (Fsp3) is 0.714. The van der Waals surface area contributed by atoms with Gasteiger partial charge in [-0.15, -0.1) is 13.2 Å². The van der Waals surface area contributed by atoms with Crippen molar-refractivity contribution in [2.45, 2.75) is 37.7 Å². The molecule has 0 N–H and O–H groups in total. The number of sulfonamides is 1. The quantitative estimate of drug-likeness (QED) is 0.486. The highest BCUT2D eigenvalue weighted by Crippen LogP contribution is 2.31. The topological polar surface area (TPSA) is 75.6 Å². The van der Waals surface area contributed by atoms with Gasteiger partial charge < -0.3 is 4.90 Å². The Morgan fingerprint density at radius 1 is 1.07 bits per heavy atom. The molecule has 7 nitrogen and oxygen atoms in total. The lowest BCUT2D eigenvalue weighted by molar-refractivity contribution is -0.339. The number of halogens is 7. The molecule has 1 aromatic heterocycles. The Hall–Kier alpha value is -1.38. The summed E-state index contributed by atoms with van der Waals surface area (Å²) in [5, 5.41) is -1.92. The molecule has 1 aromatic rings. The average molecular weight is 471 g/mol. The van der Waals surface area contributed by atoms with Gasteiger partial charge in [-0.2, -0.15) is 17.5 Å². The molecule has 15 heteroatoms. The van der Waals surface area contributed by atoms with Crippen LogP contribution in [0.3, 0.4) is 0 Å². The van der Waals surface area contributed by atoms with Crippen LogP contribution in [-0.4, -0.2) is 66.6 Å². The standard InChI is InChI=1S/C14H17ClF6N4O3S/c1-8(28-14(19,20)21)9(2)29(26,27)25-5-3-24(4-6-25)12-22-10(13(16,17)18)7-11(15)23-12/h7-9H,3-6H2,1-2H3/t8-,9?/m0/s1. The Kier molecular flexibility index (Phi) is 6.92. The van der Waals surface area contributed by atoms with E-state index in [-0.39, 0.29) is 32.1 Å². The van der Waals surface area contributed by atoms with Crippen LogP contribution in [0, 0.1) is 0 Å². The third-order valence-corrected chi connectivity index (χ3v) is 6.91. The van der Waals surface area contributed by atoms with Crippen molar-refractivity contribution in [1.82, 2.24) is 14.3 Å². The second-order valence-electron chi connectivity index (χ2n) is 6.28. The summed E-state index contributed by atoms with van der Waals surface area (Å²) in [5.74, 6) is -0.316. The van der Waals surface area contributed by atoms with Crippen molar-refractivity contribution in [3.63, 3.8) is 0 Å². The first kappa shape index (κ1) is 23.9. The molecule has 2 atom stereocenters. The van der Waals surface area contributed by atoms with Gasteiger partial charge in [0.1, 0.15) is 5.15 Å². The Morgan fingerprint density at radius 3 is 2.10 bits per heavy atom. The van der Waals surface area contributed by atoms with E-state index in [0.29, 0.717) is 6.07 Å². The molecule has 2 rings (SSSR count). The molecule has 166 valence electrons. The van der Waals surface area contributed by atoms with Crippen molar-refractivity contribution in [3.05, 3.63) is 16.9 Å². The van der Waals surface area contributed by atoms with Crippen LogP contribution >= 0.6 is 11.6 Å². The van der Waals surface area contributed by atoms with Crippen LogP contribution in [0.5, 0.6) is 0 Å². The van der Waals surface area contributed by atoms with E-state index in [1.165, 1.54) is 4.90 Å². The molecular formula is C14H17ClF6N4O3S. The minimum Gasteiger partial charge on any atom is -0.338 e. The molecule has 0 bridgehead atoms. The largest absolute Gasteiger partial charge is 0.522 e. The van der Waals surface area contributed by atoms with Gasteiger partial charge in [0.2, 0.25) is 16.0 Å². The van der Waals surface area contributed by atoms with Crippen molar-refractivity contribution >= 4 is 27.6 Å². The maximum Gasteiger partial charge on any atom is 0.522 e. The zero-order valence-electron chi connectivity index (χ0n) is 15.1. The van der Waals surface area contributed by atoms with Crippen molar-refractivity contribution < 1.29 is 39.5 Å². The highest BCUT2D eigenvalue weighted by atomic mass is 35.5. The highest BCUT2D eigenvalue weighted by Gasteiger charge is 2.41. The van der Waals surface area contributed by atoms with Crippen LogP contribution < -0.4 is 4.90 Å². The first-order chi connectivity index (χ1) is 13.1. The zero-order valence-corrected chi connectivity index (χ0v) is 16.7. The van der Waals surface area contributed by atoms with Gasteiger partial charge in [-0.3, -0.25) is 4.74 Å². The van der Waals surface area contributed by atoms with Crippen molar-refractivity contribution in [3.8, 4) is 0 Å². The molecule has 2 heterocycles. The molecule has 1 unspecified atom stereocenters. The summed E-state index contributed by atoms with van der Waals surface area (Å²) < 4.78 is 105. The van der Waals surface area contributed by atoms with Crippen molar-refractivity contribution in [1.29, 1.82) is 0 Å². The molecule has 1 fully saturated rings. The lowest BCUT2D eigenvalue weighted by Crippen LogP contribution is -2.53. The average Bonchev–Trinajstić information content (AvgIpc) is 2.58. The molecule has 0 saturated carbocycles. The van der Waals surface area contributed by atoms with Gasteiger partial charge in [-0.05, 0) is 13.8 Å². The van der Waals surface area contributed by atoms with Crippen LogP contribution in [0.4, 0.5) is 32.3 Å². The fourth-order valence-corrected chi connectivity index (χ4v) is 4.48. The van der Waals surface area contributed by atoms with E-state index in [4.69, 9.17) is 11.6 Å². The first-order valence-corrected chi connectivity index (χ1v) is 10.1. The lowest BCUT2D eigenvalue weighted by atomic mass is 10.3. The number of hydrogen-bond acceptors (Lipinski definition) is 6. The van der Waals surface area contributed by atoms with E-state index in [2.05, 4.69) is 14.7 Å². The number of nitrogens with zero attached hydrogens (tertiary/aromatic N) is 4. The molecule has 0 aliphatic carbocycles. The third-order valence-electron chi connectivity index (χ3n) is 4.31. The predicted molar refractivity (Wildman–Crippen MR) is 90.8 cm³/mol. The molecule has 1 aliphatic heterocycles. The van der Waals surface area contributed by atoms with E-state index in [1.807, 2.05) is 0 Å². The Balaban J connectivity index is 2.09. The number of hydrogen-bond donors (Lipinski definition) is 0.